The molecule has 6 nitrogen and oxygen atoms in total. The van der Waals surface area contributed by atoms with Crippen LogP contribution in [0.2, 0.25) is 0 Å². The number of hydrogen-bond donors (Lipinski definition) is 2. The van der Waals surface area contributed by atoms with Gasteiger partial charge in [0, 0.05) is 26.1 Å². The first-order valence-corrected chi connectivity index (χ1v) is 8.62. The third kappa shape index (κ3) is 6.35. The minimum Gasteiger partial charge on any atom is -0.355 e. The summed E-state index contributed by atoms with van der Waals surface area (Å²) in [5.41, 5.74) is 5.38. The van der Waals surface area contributed by atoms with E-state index in [2.05, 4.69) is 5.32 Å². The van der Waals surface area contributed by atoms with Crippen molar-refractivity contribution in [2.24, 2.45) is 5.73 Å². The summed E-state index contributed by atoms with van der Waals surface area (Å²) in [6.45, 7) is 2.08. The Morgan fingerprint density at radius 2 is 1.95 bits per heavy atom. The van der Waals surface area contributed by atoms with E-state index >= 15 is 0 Å². The van der Waals surface area contributed by atoms with Crippen LogP contribution in [0.3, 0.4) is 0 Å². The number of rotatable bonds is 9. The van der Waals surface area contributed by atoms with E-state index in [4.69, 9.17) is 5.73 Å². The molecule has 0 aromatic carbocycles. The summed E-state index contributed by atoms with van der Waals surface area (Å²) in [4.78, 5) is 11.5. The summed E-state index contributed by atoms with van der Waals surface area (Å²) in [7, 11) is -3.04. The molecule has 0 aromatic rings. The minimum absolute atomic E-state index is 0.00402. The number of amides is 1. The van der Waals surface area contributed by atoms with Gasteiger partial charge in [0.1, 0.15) is 0 Å². The second-order valence-corrected chi connectivity index (χ2v) is 6.96. The van der Waals surface area contributed by atoms with Gasteiger partial charge in [0.05, 0.1) is 5.75 Å². The van der Waals surface area contributed by atoms with Crippen LogP contribution in [0.5, 0.6) is 0 Å². The molecule has 7 heteroatoms. The maximum atomic E-state index is 11.5. The summed E-state index contributed by atoms with van der Waals surface area (Å²) in [5, 5.41) is 2.77. The summed E-state index contributed by atoms with van der Waals surface area (Å²) >= 11 is 0. The molecule has 0 aliphatic carbocycles. The van der Waals surface area contributed by atoms with Crippen molar-refractivity contribution >= 4 is 15.9 Å². The van der Waals surface area contributed by atoms with Gasteiger partial charge in [0.15, 0.2) is 0 Å². The van der Waals surface area contributed by atoms with Crippen molar-refractivity contribution in [2.45, 2.75) is 38.5 Å². The molecular formula is C12H25N3O3S. The second kappa shape index (κ2) is 8.50. The molecule has 1 amide bonds. The maximum absolute atomic E-state index is 11.5. The van der Waals surface area contributed by atoms with Crippen molar-refractivity contribution in [3.05, 3.63) is 0 Å². The molecule has 1 rings (SSSR count). The Hall–Kier alpha value is -0.660. The molecular weight excluding hydrogens is 266 g/mol. The lowest BCUT2D eigenvalue weighted by atomic mass is 10.1. The van der Waals surface area contributed by atoms with Crippen LogP contribution >= 0.6 is 0 Å². The number of unbranched alkanes of at least 4 members (excludes halogenated alkanes) is 3. The predicted octanol–water partition coefficient (Wildman–Crippen LogP) is 0.0473. The fourth-order valence-electron chi connectivity index (χ4n) is 2.13. The molecule has 0 bridgehead atoms. The van der Waals surface area contributed by atoms with Crippen LogP contribution in [0.25, 0.3) is 0 Å². The van der Waals surface area contributed by atoms with Crippen molar-refractivity contribution in [1.29, 1.82) is 0 Å². The molecule has 1 aliphatic rings. The number of nitrogens with two attached hydrogens (primary N) is 1. The van der Waals surface area contributed by atoms with E-state index in [0.717, 1.165) is 25.7 Å². The van der Waals surface area contributed by atoms with Crippen LogP contribution in [-0.4, -0.2) is 50.6 Å². The molecule has 0 spiro atoms. The van der Waals surface area contributed by atoms with Crippen LogP contribution in [0, 0.1) is 0 Å². The smallest absolute Gasteiger partial charge is 0.220 e. The highest BCUT2D eigenvalue weighted by atomic mass is 32.2. The van der Waals surface area contributed by atoms with E-state index in [1.165, 1.54) is 4.31 Å². The fraction of sp³-hybridized carbons (Fsp3) is 0.917. The largest absolute Gasteiger partial charge is 0.355 e. The van der Waals surface area contributed by atoms with E-state index < -0.39 is 10.0 Å². The zero-order valence-electron chi connectivity index (χ0n) is 11.4. The molecule has 1 aliphatic heterocycles. The van der Waals surface area contributed by atoms with E-state index in [1.807, 2.05) is 0 Å². The number of carbonyl (C=O) groups is 1. The Bertz CT molecular complexity index is 370. The van der Waals surface area contributed by atoms with Gasteiger partial charge in [0.25, 0.3) is 0 Å². The summed E-state index contributed by atoms with van der Waals surface area (Å²) in [6, 6.07) is 0. The van der Waals surface area contributed by atoms with E-state index in [0.29, 0.717) is 39.0 Å². The average molecular weight is 291 g/mol. The molecule has 112 valence electrons. The molecule has 19 heavy (non-hydrogen) atoms. The minimum atomic E-state index is -3.04. The number of nitrogens with zero attached hydrogens (tertiary/aromatic N) is 1. The van der Waals surface area contributed by atoms with Gasteiger partial charge in [-0.15, -0.1) is 0 Å². The maximum Gasteiger partial charge on any atom is 0.220 e. The Kier molecular flexibility index (Phi) is 7.33. The molecule has 0 aromatic heterocycles. The highest BCUT2D eigenvalue weighted by Gasteiger charge is 2.27. The van der Waals surface area contributed by atoms with Gasteiger partial charge >= 0.3 is 0 Å². The Labute approximate surface area is 115 Å². The van der Waals surface area contributed by atoms with Gasteiger partial charge in [-0.05, 0) is 25.8 Å². The standard InChI is InChI=1S/C12H25N3O3S/c13-7-4-2-1-3-6-12(16)14-8-10-15-9-5-11-19(15,17)18/h1-11,13H2,(H,14,16). The lowest BCUT2D eigenvalue weighted by Crippen LogP contribution is -2.35. The van der Waals surface area contributed by atoms with Crippen molar-refractivity contribution in [1.82, 2.24) is 9.62 Å². The highest BCUT2D eigenvalue weighted by Crippen LogP contribution is 2.11. The van der Waals surface area contributed by atoms with Crippen LogP contribution in [-0.2, 0) is 14.8 Å². The van der Waals surface area contributed by atoms with Crippen molar-refractivity contribution in [3.63, 3.8) is 0 Å². The van der Waals surface area contributed by atoms with Crippen LogP contribution in [0.15, 0.2) is 0 Å². The molecule has 0 atom stereocenters. The topological polar surface area (TPSA) is 92.5 Å². The summed E-state index contributed by atoms with van der Waals surface area (Å²) in [6.07, 6.45) is 5.16. The fourth-order valence-corrected chi connectivity index (χ4v) is 3.66. The SMILES string of the molecule is NCCCCCCC(=O)NCCN1CCCS1(=O)=O. The lowest BCUT2D eigenvalue weighted by Gasteiger charge is -2.14. The quantitative estimate of drug-likeness (QED) is 0.587. The average Bonchev–Trinajstić information content (AvgIpc) is 2.69. The van der Waals surface area contributed by atoms with Gasteiger partial charge in [-0.25, -0.2) is 12.7 Å². The molecule has 1 heterocycles. The van der Waals surface area contributed by atoms with Crippen LogP contribution in [0.1, 0.15) is 38.5 Å². The molecule has 1 saturated heterocycles. The van der Waals surface area contributed by atoms with Crippen molar-refractivity contribution in [3.8, 4) is 0 Å². The monoisotopic (exact) mass is 291 g/mol. The zero-order chi connectivity index (χ0) is 14.1. The van der Waals surface area contributed by atoms with Crippen molar-refractivity contribution < 1.29 is 13.2 Å². The predicted molar refractivity (Wildman–Crippen MR) is 75.1 cm³/mol. The van der Waals surface area contributed by atoms with Gasteiger partial charge in [-0.2, -0.15) is 0 Å². The number of sulfonamides is 1. The molecule has 3 N–H and O–H groups in total. The second-order valence-electron chi connectivity index (χ2n) is 4.87. The number of hydrogen-bond acceptors (Lipinski definition) is 4. The highest BCUT2D eigenvalue weighted by molar-refractivity contribution is 7.89. The lowest BCUT2D eigenvalue weighted by molar-refractivity contribution is -0.121. The summed E-state index contributed by atoms with van der Waals surface area (Å²) < 4.78 is 24.5. The molecule has 0 saturated carbocycles. The first kappa shape index (κ1) is 16.4. The first-order valence-electron chi connectivity index (χ1n) is 7.01. The molecule has 1 fully saturated rings. The number of carbonyl (C=O) groups excluding carboxylic acids is 1. The van der Waals surface area contributed by atoms with Gasteiger partial charge in [-0.3, -0.25) is 4.79 Å². The Balaban J connectivity index is 2.04. The molecule has 0 radical (unpaired) electrons. The van der Waals surface area contributed by atoms with Crippen molar-refractivity contribution in [2.75, 3.05) is 31.9 Å². The van der Waals surface area contributed by atoms with Crippen LogP contribution in [0.4, 0.5) is 0 Å². The third-order valence-electron chi connectivity index (χ3n) is 3.24. The van der Waals surface area contributed by atoms with E-state index in [1.54, 1.807) is 0 Å². The first-order chi connectivity index (χ1) is 9.06. The van der Waals surface area contributed by atoms with Gasteiger partial charge in [-0.1, -0.05) is 12.8 Å². The van der Waals surface area contributed by atoms with E-state index in [-0.39, 0.29) is 11.7 Å². The Morgan fingerprint density at radius 3 is 2.58 bits per heavy atom. The summed E-state index contributed by atoms with van der Waals surface area (Å²) in [5.74, 6) is 0.242. The van der Waals surface area contributed by atoms with E-state index in [9.17, 15) is 13.2 Å². The van der Waals surface area contributed by atoms with Gasteiger partial charge < -0.3 is 11.1 Å². The Morgan fingerprint density at radius 1 is 1.21 bits per heavy atom. The third-order valence-corrected chi connectivity index (χ3v) is 5.20. The van der Waals surface area contributed by atoms with Crippen LogP contribution < -0.4 is 11.1 Å². The van der Waals surface area contributed by atoms with Gasteiger partial charge in [0.2, 0.25) is 15.9 Å². The molecule has 0 unspecified atom stereocenters. The number of nitrogens with one attached hydrogen (secondary N) is 1. The normalized spacial score (nSPS) is 18.6. The zero-order valence-corrected chi connectivity index (χ0v) is 12.3.